The maximum atomic E-state index is 12.7. The summed E-state index contributed by atoms with van der Waals surface area (Å²) < 4.78 is 27.5. The summed E-state index contributed by atoms with van der Waals surface area (Å²) in [6.45, 7) is 5.51. The molecule has 134 valence electrons. The zero-order chi connectivity index (χ0) is 18.2. The van der Waals surface area contributed by atoms with Gasteiger partial charge in [0, 0.05) is 23.5 Å². The maximum Gasteiger partial charge on any atom is 0.530 e. The molecule has 2 atom stereocenters. The lowest BCUT2D eigenvalue weighted by molar-refractivity contribution is -0.384. The van der Waals surface area contributed by atoms with Crippen molar-refractivity contribution in [2.24, 2.45) is 11.3 Å². The molecule has 2 unspecified atom stereocenters. The predicted molar refractivity (Wildman–Crippen MR) is 90.6 cm³/mol. The van der Waals surface area contributed by atoms with Gasteiger partial charge in [-0.1, -0.05) is 13.8 Å². The van der Waals surface area contributed by atoms with E-state index in [1.54, 1.807) is 6.92 Å². The summed E-state index contributed by atoms with van der Waals surface area (Å²) in [7, 11) is -3.89. The van der Waals surface area contributed by atoms with Crippen molar-refractivity contribution in [2.75, 3.05) is 13.2 Å². The van der Waals surface area contributed by atoms with Crippen molar-refractivity contribution in [2.45, 2.75) is 25.1 Å². The zero-order valence-electron chi connectivity index (χ0n) is 13.4. The monoisotopic (exact) mass is 397 g/mol. The molecule has 0 aromatic heterocycles. The van der Waals surface area contributed by atoms with Crippen LogP contribution >= 0.6 is 31.0 Å². The number of alkyl halides is 2. The van der Waals surface area contributed by atoms with E-state index in [9.17, 15) is 14.7 Å². The van der Waals surface area contributed by atoms with Gasteiger partial charge in [-0.3, -0.25) is 19.2 Å². The minimum atomic E-state index is -3.89. The third-order valence-corrected chi connectivity index (χ3v) is 7.01. The third kappa shape index (κ3) is 3.86. The second-order valence-electron chi connectivity index (χ2n) is 5.90. The number of phosphoric ester groups is 1. The van der Waals surface area contributed by atoms with Crippen LogP contribution in [0.25, 0.3) is 0 Å². The van der Waals surface area contributed by atoms with Crippen LogP contribution in [-0.2, 0) is 13.6 Å². The quantitative estimate of drug-likeness (QED) is 0.266. The Balaban J connectivity index is 2.05. The standard InChI is InChI=1S/C14H18Cl2NO6P/c1-4-21-24(20,22-9-12-13(2,3)14(12,15)16)23-11-7-5-10(6-8-11)17(18)19/h5-8,12H,4,9H2,1-3H3. The van der Waals surface area contributed by atoms with Gasteiger partial charge in [-0.15, -0.1) is 23.2 Å². The van der Waals surface area contributed by atoms with E-state index in [2.05, 4.69) is 0 Å². The van der Waals surface area contributed by atoms with Crippen LogP contribution in [0.15, 0.2) is 24.3 Å². The van der Waals surface area contributed by atoms with Crippen molar-refractivity contribution in [3.63, 3.8) is 0 Å². The third-order valence-electron chi connectivity index (χ3n) is 4.04. The molecule has 7 nitrogen and oxygen atoms in total. The molecular formula is C14H18Cl2NO6P. The number of nitro benzene ring substituents is 1. The fourth-order valence-electron chi connectivity index (χ4n) is 2.24. The molecule has 2 rings (SSSR count). The summed E-state index contributed by atoms with van der Waals surface area (Å²) in [6.07, 6.45) is 0. The van der Waals surface area contributed by atoms with Gasteiger partial charge in [-0.2, -0.15) is 0 Å². The number of phosphoric acid groups is 1. The first-order valence-electron chi connectivity index (χ1n) is 7.24. The van der Waals surface area contributed by atoms with Gasteiger partial charge in [0.2, 0.25) is 0 Å². The normalized spacial score (nSPS) is 23.3. The van der Waals surface area contributed by atoms with Gasteiger partial charge in [-0.05, 0) is 19.1 Å². The minimum Gasteiger partial charge on any atom is -0.404 e. The molecule has 1 aromatic carbocycles. The highest BCUT2D eigenvalue weighted by atomic mass is 35.5. The second-order valence-corrected chi connectivity index (χ2v) is 8.88. The molecule has 0 aliphatic heterocycles. The van der Waals surface area contributed by atoms with Gasteiger partial charge in [0.05, 0.1) is 18.1 Å². The molecule has 1 aromatic rings. The fourth-order valence-corrected chi connectivity index (χ4v) is 4.28. The molecule has 0 bridgehead atoms. The largest absolute Gasteiger partial charge is 0.530 e. The fraction of sp³-hybridized carbons (Fsp3) is 0.571. The van der Waals surface area contributed by atoms with E-state index in [4.69, 9.17) is 36.8 Å². The van der Waals surface area contributed by atoms with Gasteiger partial charge in [-0.25, -0.2) is 4.57 Å². The highest BCUT2D eigenvalue weighted by Gasteiger charge is 2.70. The SMILES string of the molecule is CCOP(=O)(OCC1C(C)(C)C1(Cl)Cl)Oc1ccc([N+](=O)[O-])cc1. The Morgan fingerprint density at radius 2 is 1.79 bits per heavy atom. The first kappa shape index (κ1) is 19.5. The van der Waals surface area contributed by atoms with Gasteiger partial charge >= 0.3 is 7.82 Å². The van der Waals surface area contributed by atoms with Gasteiger partial charge < -0.3 is 4.52 Å². The van der Waals surface area contributed by atoms with E-state index < -0.39 is 17.1 Å². The minimum absolute atomic E-state index is 0.00423. The van der Waals surface area contributed by atoms with Crippen molar-refractivity contribution in [3.05, 3.63) is 34.4 Å². The zero-order valence-corrected chi connectivity index (χ0v) is 15.8. The van der Waals surface area contributed by atoms with Crippen LogP contribution in [0.2, 0.25) is 0 Å². The molecule has 0 heterocycles. The van der Waals surface area contributed by atoms with Crippen molar-refractivity contribution in [3.8, 4) is 5.75 Å². The lowest BCUT2D eigenvalue weighted by Gasteiger charge is -2.18. The molecule has 0 spiro atoms. The van der Waals surface area contributed by atoms with Crippen LogP contribution < -0.4 is 4.52 Å². The maximum absolute atomic E-state index is 12.7. The molecule has 0 N–H and O–H groups in total. The Morgan fingerprint density at radius 3 is 2.21 bits per heavy atom. The lowest BCUT2D eigenvalue weighted by atomic mass is 10.1. The second kappa shape index (κ2) is 6.81. The smallest absolute Gasteiger partial charge is 0.404 e. The molecule has 0 saturated heterocycles. The average molecular weight is 398 g/mol. The number of rotatable bonds is 8. The summed E-state index contributed by atoms with van der Waals surface area (Å²) in [5.74, 6) is -0.0852. The highest BCUT2D eigenvalue weighted by Crippen LogP contribution is 2.69. The van der Waals surface area contributed by atoms with E-state index >= 15 is 0 Å². The van der Waals surface area contributed by atoms with Gasteiger partial charge in [0.15, 0.2) is 0 Å². The van der Waals surface area contributed by atoms with Crippen molar-refractivity contribution >= 4 is 36.7 Å². The van der Waals surface area contributed by atoms with Crippen LogP contribution in [0.3, 0.4) is 0 Å². The Bertz CT molecular complexity index is 650. The summed E-state index contributed by atoms with van der Waals surface area (Å²) in [5, 5.41) is 10.6. The van der Waals surface area contributed by atoms with Gasteiger partial charge in [0.1, 0.15) is 10.1 Å². The van der Waals surface area contributed by atoms with E-state index in [1.807, 2.05) is 13.8 Å². The van der Waals surface area contributed by atoms with Crippen LogP contribution in [-0.4, -0.2) is 22.5 Å². The molecule has 1 fully saturated rings. The Kier molecular flexibility index (Phi) is 5.52. The first-order valence-corrected chi connectivity index (χ1v) is 9.46. The van der Waals surface area contributed by atoms with E-state index in [0.717, 1.165) is 0 Å². The Morgan fingerprint density at radius 1 is 1.25 bits per heavy atom. The molecule has 1 aliphatic carbocycles. The number of non-ortho nitro benzene ring substituents is 1. The van der Waals surface area contributed by atoms with E-state index in [0.29, 0.717) is 0 Å². The molecule has 0 amide bonds. The van der Waals surface area contributed by atoms with Gasteiger partial charge in [0.25, 0.3) is 5.69 Å². The van der Waals surface area contributed by atoms with Crippen LogP contribution in [0, 0.1) is 21.4 Å². The number of halogens is 2. The summed E-state index contributed by atoms with van der Waals surface area (Å²) >= 11 is 12.3. The highest BCUT2D eigenvalue weighted by molar-refractivity contribution is 7.48. The van der Waals surface area contributed by atoms with Crippen LogP contribution in [0.4, 0.5) is 5.69 Å². The molecule has 0 radical (unpaired) electrons. The molecule has 24 heavy (non-hydrogen) atoms. The lowest BCUT2D eigenvalue weighted by Crippen LogP contribution is -2.07. The number of hydrogen-bond acceptors (Lipinski definition) is 6. The van der Waals surface area contributed by atoms with Crippen molar-refractivity contribution in [1.82, 2.24) is 0 Å². The number of nitro groups is 1. The number of nitrogens with zero attached hydrogens (tertiary/aromatic N) is 1. The average Bonchev–Trinajstić information content (AvgIpc) is 2.87. The number of benzene rings is 1. The number of hydrogen-bond donors (Lipinski definition) is 0. The van der Waals surface area contributed by atoms with E-state index in [-0.39, 0.29) is 36.0 Å². The topological polar surface area (TPSA) is 87.9 Å². The predicted octanol–water partition coefficient (Wildman–Crippen LogP) is 4.96. The molecule has 1 saturated carbocycles. The van der Waals surface area contributed by atoms with Crippen molar-refractivity contribution < 1.29 is 23.1 Å². The molecule has 10 heteroatoms. The molecule has 1 aliphatic rings. The Hall–Kier alpha value is -0.850. The van der Waals surface area contributed by atoms with Crippen LogP contribution in [0.5, 0.6) is 5.75 Å². The van der Waals surface area contributed by atoms with Crippen LogP contribution in [0.1, 0.15) is 20.8 Å². The first-order chi connectivity index (χ1) is 11.0. The van der Waals surface area contributed by atoms with Crippen molar-refractivity contribution in [1.29, 1.82) is 0 Å². The Labute approximate surface area is 149 Å². The summed E-state index contributed by atoms with van der Waals surface area (Å²) in [4.78, 5) is 10.1. The van der Waals surface area contributed by atoms with E-state index in [1.165, 1.54) is 24.3 Å². The molecular weight excluding hydrogens is 380 g/mol. The summed E-state index contributed by atoms with van der Waals surface area (Å²) in [6, 6.07) is 5.11. The summed E-state index contributed by atoms with van der Waals surface area (Å²) in [5.41, 5.74) is -0.483.